The third-order valence-electron chi connectivity index (χ3n) is 4.31. The van der Waals surface area contributed by atoms with Gasteiger partial charge in [-0.1, -0.05) is 36.4 Å². The minimum Gasteiger partial charge on any atom is -0.465 e. The largest absolute Gasteiger partial charge is 0.465 e. The van der Waals surface area contributed by atoms with E-state index in [0.29, 0.717) is 31.0 Å². The van der Waals surface area contributed by atoms with Crippen molar-refractivity contribution in [3.63, 3.8) is 0 Å². The summed E-state index contributed by atoms with van der Waals surface area (Å²) in [5.74, 6) is 1.67. The van der Waals surface area contributed by atoms with E-state index in [1.54, 1.807) is 20.2 Å². The predicted molar refractivity (Wildman–Crippen MR) is 105 cm³/mol. The third kappa shape index (κ3) is 4.23. The lowest BCUT2D eigenvalue weighted by Gasteiger charge is -2.24. The van der Waals surface area contributed by atoms with Crippen molar-refractivity contribution in [2.75, 3.05) is 11.4 Å². The van der Waals surface area contributed by atoms with Crippen molar-refractivity contribution < 1.29 is 9.21 Å². The molecular formula is C21H21N3O3. The first-order chi connectivity index (χ1) is 13.1. The second-order valence-corrected chi connectivity index (χ2v) is 6.16. The second-order valence-electron chi connectivity index (χ2n) is 6.16. The Bertz CT molecular complexity index is 990. The zero-order chi connectivity index (χ0) is 19.2. The van der Waals surface area contributed by atoms with Crippen LogP contribution in [0.2, 0.25) is 0 Å². The Morgan fingerprint density at radius 3 is 2.63 bits per heavy atom. The van der Waals surface area contributed by atoms with E-state index >= 15 is 0 Å². The minimum atomic E-state index is -0.347. The molecule has 1 aromatic carbocycles. The molecule has 0 saturated carbocycles. The molecule has 6 nitrogen and oxygen atoms in total. The van der Waals surface area contributed by atoms with Gasteiger partial charge < -0.3 is 9.32 Å². The lowest BCUT2D eigenvalue weighted by molar-refractivity contribution is 0.112. The van der Waals surface area contributed by atoms with Gasteiger partial charge in [0.2, 0.25) is 0 Å². The van der Waals surface area contributed by atoms with E-state index in [9.17, 15) is 9.59 Å². The highest BCUT2D eigenvalue weighted by Gasteiger charge is 2.18. The zero-order valence-corrected chi connectivity index (χ0v) is 15.3. The molecule has 0 fully saturated rings. The summed E-state index contributed by atoms with van der Waals surface area (Å²) in [5.41, 5.74) is 0.770. The number of benzene rings is 1. The molecule has 27 heavy (non-hydrogen) atoms. The van der Waals surface area contributed by atoms with Crippen LogP contribution in [0, 0.1) is 6.92 Å². The smallest absolute Gasteiger partial charge is 0.266 e. The van der Waals surface area contributed by atoms with E-state index < -0.39 is 0 Å². The maximum absolute atomic E-state index is 12.5. The molecule has 3 aromatic rings. The van der Waals surface area contributed by atoms with Crippen LogP contribution in [0.1, 0.15) is 27.5 Å². The molecule has 0 amide bonds. The van der Waals surface area contributed by atoms with Gasteiger partial charge in [-0.15, -0.1) is 0 Å². The summed E-state index contributed by atoms with van der Waals surface area (Å²) in [6.07, 6.45) is 5.97. The van der Waals surface area contributed by atoms with Crippen LogP contribution in [-0.2, 0) is 13.6 Å². The Morgan fingerprint density at radius 1 is 1.19 bits per heavy atom. The predicted octanol–water partition coefficient (Wildman–Crippen LogP) is 3.21. The van der Waals surface area contributed by atoms with Gasteiger partial charge in [-0.05, 0) is 30.7 Å². The van der Waals surface area contributed by atoms with Gasteiger partial charge in [-0.25, -0.2) is 4.98 Å². The Kier molecular flexibility index (Phi) is 5.66. The van der Waals surface area contributed by atoms with Gasteiger partial charge in [0, 0.05) is 20.1 Å². The van der Waals surface area contributed by atoms with Gasteiger partial charge in [-0.3, -0.25) is 14.2 Å². The summed E-state index contributed by atoms with van der Waals surface area (Å²) < 4.78 is 6.69. The number of nitrogens with zero attached hydrogens (tertiary/aromatic N) is 3. The number of aromatic nitrogens is 2. The minimum absolute atomic E-state index is 0.0606. The van der Waals surface area contributed by atoms with Crippen molar-refractivity contribution in [3.8, 4) is 0 Å². The molecule has 0 atom stereocenters. The van der Waals surface area contributed by atoms with Crippen molar-refractivity contribution in [1.29, 1.82) is 0 Å². The molecule has 0 bridgehead atoms. The van der Waals surface area contributed by atoms with Crippen molar-refractivity contribution >= 4 is 18.2 Å². The lowest BCUT2D eigenvalue weighted by Crippen LogP contribution is -2.32. The van der Waals surface area contributed by atoms with Crippen LogP contribution in [-0.4, -0.2) is 22.4 Å². The summed E-state index contributed by atoms with van der Waals surface area (Å²) in [4.78, 5) is 30.5. The first-order valence-corrected chi connectivity index (χ1v) is 8.62. The standard InChI is InChI=1S/C21H21N3O3/c1-16-22-20(19(15-25)21(26)23(16)2)24(14-17-8-4-3-5-9-17)12-6-10-18-11-7-13-27-18/h3-11,13,15H,12,14H2,1-2H3/b10-6+. The fourth-order valence-electron chi connectivity index (χ4n) is 2.77. The van der Waals surface area contributed by atoms with E-state index in [1.807, 2.05) is 59.5 Å². The molecule has 0 unspecified atom stereocenters. The van der Waals surface area contributed by atoms with Crippen LogP contribution in [0.15, 0.2) is 64.0 Å². The highest BCUT2D eigenvalue weighted by molar-refractivity contribution is 5.82. The number of hydrogen-bond acceptors (Lipinski definition) is 5. The van der Waals surface area contributed by atoms with E-state index in [4.69, 9.17) is 4.42 Å². The van der Waals surface area contributed by atoms with Crippen LogP contribution in [0.5, 0.6) is 0 Å². The van der Waals surface area contributed by atoms with Gasteiger partial charge in [0.25, 0.3) is 5.56 Å². The van der Waals surface area contributed by atoms with Crippen molar-refractivity contribution in [1.82, 2.24) is 9.55 Å². The van der Waals surface area contributed by atoms with Gasteiger partial charge >= 0.3 is 0 Å². The normalized spacial score (nSPS) is 11.0. The van der Waals surface area contributed by atoms with Gasteiger partial charge in [0.05, 0.1) is 6.26 Å². The van der Waals surface area contributed by atoms with E-state index in [-0.39, 0.29) is 11.1 Å². The average Bonchev–Trinajstić information content (AvgIpc) is 3.19. The molecule has 0 aliphatic heterocycles. The number of carbonyl (C=O) groups excluding carboxylic acids is 1. The molecule has 3 rings (SSSR count). The topological polar surface area (TPSA) is 68.3 Å². The summed E-state index contributed by atoms with van der Waals surface area (Å²) >= 11 is 0. The van der Waals surface area contributed by atoms with E-state index in [2.05, 4.69) is 4.98 Å². The summed E-state index contributed by atoms with van der Waals surface area (Å²) in [6.45, 7) is 2.73. The van der Waals surface area contributed by atoms with Crippen molar-refractivity contribution in [2.24, 2.45) is 7.05 Å². The molecule has 2 heterocycles. The highest BCUT2D eigenvalue weighted by Crippen LogP contribution is 2.18. The maximum atomic E-state index is 12.5. The Morgan fingerprint density at radius 2 is 1.96 bits per heavy atom. The number of aldehydes is 1. The number of rotatable bonds is 7. The van der Waals surface area contributed by atoms with E-state index in [1.165, 1.54) is 4.57 Å². The first kappa shape index (κ1) is 18.4. The van der Waals surface area contributed by atoms with Crippen LogP contribution < -0.4 is 10.5 Å². The number of hydrogen-bond donors (Lipinski definition) is 0. The molecule has 0 radical (unpaired) electrons. The molecule has 0 aliphatic rings. The highest BCUT2D eigenvalue weighted by atomic mass is 16.3. The van der Waals surface area contributed by atoms with Gasteiger partial charge in [0.15, 0.2) is 6.29 Å². The SMILES string of the molecule is Cc1nc(N(C/C=C/c2ccco2)Cc2ccccc2)c(C=O)c(=O)n1C. The molecule has 0 spiro atoms. The molecule has 6 heteroatoms. The monoisotopic (exact) mass is 363 g/mol. The Hall–Kier alpha value is -3.41. The van der Waals surface area contributed by atoms with Crippen molar-refractivity contribution in [2.45, 2.75) is 13.5 Å². The average molecular weight is 363 g/mol. The van der Waals surface area contributed by atoms with Crippen LogP contribution in [0.25, 0.3) is 6.08 Å². The summed E-state index contributed by atoms with van der Waals surface area (Å²) in [6, 6.07) is 13.5. The first-order valence-electron chi connectivity index (χ1n) is 8.62. The summed E-state index contributed by atoms with van der Waals surface area (Å²) in [5, 5.41) is 0. The molecule has 0 saturated heterocycles. The molecule has 0 N–H and O–H groups in total. The fraction of sp³-hybridized carbons (Fsp3) is 0.190. The van der Waals surface area contributed by atoms with Crippen LogP contribution >= 0.6 is 0 Å². The zero-order valence-electron chi connectivity index (χ0n) is 15.3. The Balaban J connectivity index is 1.98. The second kappa shape index (κ2) is 8.31. The number of furan rings is 1. The Labute approximate surface area is 157 Å². The molecular weight excluding hydrogens is 342 g/mol. The maximum Gasteiger partial charge on any atom is 0.266 e. The molecule has 138 valence electrons. The lowest BCUT2D eigenvalue weighted by atomic mass is 10.2. The van der Waals surface area contributed by atoms with Gasteiger partial charge in [0.1, 0.15) is 23.0 Å². The van der Waals surface area contributed by atoms with Crippen LogP contribution in [0.3, 0.4) is 0 Å². The van der Waals surface area contributed by atoms with Crippen LogP contribution in [0.4, 0.5) is 5.82 Å². The van der Waals surface area contributed by atoms with E-state index in [0.717, 1.165) is 11.3 Å². The molecule has 2 aromatic heterocycles. The van der Waals surface area contributed by atoms with Gasteiger partial charge in [-0.2, -0.15) is 0 Å². The molecule has 0 aliphatic carbocycles. The third-order valence-corrected chi connectivity index (χ3v) is 4.31. The number of carbonyl (C=O) groups is 1. The fourth-order valence-corrected chi connectivity index (χ4v) is 2.77. The number of aryl methyl sites for hydroxylation is 1. The number of anilines is 1. The summed E-state index contributed by atoms with van der Waals surface area (Å²) in [7, 11) is 1.61. The quantitative estimate of drug-likeness (QED) is 0.603. The van der Waals surface area contributed by atoms with Crippen molar-refractivity contribution in [3.05, 3.63) is 87.9 Å².